The van der Waals surface area contributed by atoms with E-state index in [-0.39, 0.29) is 17.3 Å². The van der Waals surface area contributed by atoms with Gasteiger partial charge in [0.05, 0.1) is 11.5 Å². The molecule has 26 heavy (non-hydrogen) atoms. The predicted octanol–water partition coefficient (Wildman–Crippen LogP) is 0.439. The fourth-order valence-corrected chi connectivity index (χ4v) is 4.76. The maximum absolute atomic E-state index is 12.4. The third-order valence-corrected chi connectivity index (χ3v) is 6.35. The van der Waals surface area contributed by atoms with Gasteiger partial charge >= 0.3 is 0 Å². The zero-order valence-corrected chi connectivity index (χ0v) is 15.3. The minimum Gasteiger partial charge on any atom is -0.387 e. The van der Waals surface area contributed by atoms with Crippen LogP contribution < -0.4 is 0 Å². The molecule has 3 heterocycles. The highest BCUT2D eigenvalue weighted by molar-refractivity contribution is 7.91. The molecule has 1 aromatic rings. The molecule has 0 spiro atoms. The van der Waals surface area contributed by atoms with Crippen molar-refractivity contribution in [1.29, 1.82) is 0 Å². The quantitative estimate of drug-likeness (QED) is 0.796. The Kier molecular flexibility index (Phi) is 4.59. The highest BCUT2D eigenvalue weighted by atomic mass is 32.2. The van der Waals surface area contributed by atoms with Crippen LogP contribution in [0.15, 0.2) is 35.2 Å². The molecule has 0 aliphatic carbocycles. The van der Waals surface area contributed by atoms with Crippen LogP contribution in [0.5, 0.6) is 0 Å². The fourth-order valence-electron chi connectivity index (χ4n) is 3.46. The lowest BCUT2D eigenvalue weighted by atomic mass is 10.1. The zero-order chi connectivity index (χ0) is 18.5. The number of ether oxygens (including phenoxy) is 5. The summed E-state index contributed by atoms with van der Waals surface area (Å²) in [6, 6.07) is 8.13. The Bertz CT molecular complexity index is 749. The van der Waals surface area contributed by atoms with E-state index in [2.05, 4.69) is 0 Å². The lowest BCUT2D eigenvalue weighted by molar-refractivity contribution is -0.227. The van der Waals surface area contributed by atoms with Crippen LogP contribution in [0.25, 0.3) is 0 Å². The van der Waals surface area contributed by atoms with Gasteiger partial charge in [-0.15, -0.1) is 0 Å². The molecule has 0 saturated carbocycles. The summed E-state index contributed by atoms with van der Waals surface area (Å²) in [6.45, 7) is 3.62. The number of aliphatic hydroxyl groups is 1. The van der Waals surface area contributed by atoms with E-state index in [0.717, 1.165) is 0 Å². The van der Waals surface area contributed by atoms with Gasteiger partial charge in [0.1, 0.15) is 30.2 Å². The Morgan fingerprint density at radius 1 is 1.12 bits per heavy atom. The molecule has 0 aromatic heterocycles. The maximum atomic E-state index is 12.4. The van der Waals surface area contributed by atoms with Crippen LogP contribution in [0.4, 0.5) is 0 Å². The summed E-state index contributed by atoms with van der Waals surface area (Å²) in [5, 5.41) is 10.5. The Balaban J connectivity index is 1.38. The molecular formula is C17H22O8S. The molecule has 3 aliphatic rings. The first kappa shape index (κ1) is 18.3. The van der Waals surface area contributed by atoms with E-state index in [1.165, 1.54) is 12.1 Å². The van der Waals surface area contributed by atoms with Gasteiger partial charge in [0.15, 0.2) is 28.2 Å². The largest absolute Gasteiger partial charge is 0.387 e. The lowest BCUT2D eigenvalue weighted by Gasteiger charge is -2.25. The normalized spacial score (nSPS) is 39.2. The number of hydrogen-bond donors (Lipinski definition) is 1. The van der Waals surface area contributed by atoms with Crippen molar-refractivity contribution in [3.05, 3.63) is 30.3 Å². The summed E-state index contributed by atoms with van der Waals surface area (Å²) < 4.78 is 53.0. The molecule has 144 valence electrons. The van der Waals surface area contributed by atoms with Crippen LogP contribution in [0, 0.1) is 0 Å². The van der Waals surface area contributed by atoms with E-state index >= 15 is 0 Å². The third-order valence-electron chi connectivity index (χ3n) is 4.65. The van der Waals surface area contributed by atoms with Crippen LogP contribution in [-0.2, 0) is 33.5 Å². The number of hydrogen-bond acceptors (Lipinski definition) is 8. The van der Waals surface area contributed by atoms with E-state index < -0.39 is 52.6 Å². The van der Waals surface area contributed by atoms with E-state index in [4.69, 9.17) is 23.7 Å². The topological polar surface area (TPSA) is 101 Å². The molecule has 0 radical (unpaired) electrons. The van der Waals surface area contributed by atoms with Gasteiger partial charge in [0, 0.05) is 0 Å². The van der Waals surface area contributed by atoms with Gasteiger partial charge in [0.25, 0.3) is 0 Å². The number of fused-ring (bicyclic) bond motifs is 1. The Morgan fingerprint density at radius 2 is 1.85 bits per heavy atom. The third kappa shape index (κ3) is 3.40. The van der Waals surface area contributed by atoms with Crippen molar-refractivity contribution in [2.75, 3.05) is 12.4 Å². The number of sulfone groups is 1. The van der Waals surface area contributed by atoms with Gasteiger partial charge in [-0.05, 0) is 26.0 Å². The summed E-state index contributed by atoms with van der Waals surface area (Å²) in [6.07, 6.45) is -4.45. The van der Waals surface area contributed by atoms with Crippen LogP contribution >= 0.6 is 0 Å². The fraction of sp³-hybridized carbons (Fsp3) is 0.647. The van der Waals surface area contributed by atoms with E-state index in [9.17, 15) is 13.5 Å². The maximum Gasteiger partial charge on any atom is 0.190 e. The molecule has 9 heteroatoms. The molecule has 8 nitrogen and oxygen atoms in total. The highest BCUT2D eigenvalue weighted by Crippen LogP contribution is 2.39. The first-order valence-electron chi connectivity index (χ1n) is 8.49. The van der Waals surface area contributed by atoms with Crippen molar-refractivity contribution in [3.8, 4) is 0 Å². The van der Waals surface area contributed by atoms with Gasteiger partial charge in [-0.25, -0.2) is 8.42 Å². The molecule has 4 rings (SSSR count). The molecule has 3 saturated heterocycles. The van der Waals surface area contributed by atoms with Crippen molar-refractivity contribution in [2.45, 2.75) is 61.5 Å². The predicted molar refractivity (Wildman–Crippen MR) is 87.8 cm³/mol. The SMILES string of the molecule is CC1(C)O[C@H]2O[C@H]([C@H]3CO[C@@H](CS(=O)(=O)c4ccccc4)O3)[C@H](O)[C@H]2O1. The van der Waals surface area contributed by atoms with Crippen LogP contribution in [0.3, 0.4) is 0 Å². The van der Waals surface area contributed by atoms with Crippen molar-refractivity contribution >= 4 is 9.84 Å². The highest BCUT2D eigenvalue weighted by Gasteiger charge is 2.57. The number of rotatable bonds is 4. The molecule has 1 aromatic carbocycles. The molecule has 0 amide bonds. The second kappa shape index (κ2) is 6.52. The molecule has 3 fully saturated rings. The Hall–Kier alpha value is -1.07. The van der Waals surface area contributed by atoms with E-state index in [1.807, 2.05) is 0 Å². The van der Waals surface area contributed by atoms with Crippen molar-refractivity contribution in [2.24, 2.45) is 0 Å². The molecule has 3 aliphatic heterocycles. The summed E-state index contributed by atoms with van der Waals surface area (Å²) in [7, 11) is -3.54. The number of benzene rings is 1. The van der Waals surface area contributed by atoms with Crippen molar-refractivity contribution in [3.63, 3.8) is 0 Å². The van der Waals surface area contributed by atoms with Gasteiger partial charge in [-0.1, -0.05) is 18.2 Å². The smallest absolute Gasteiger partial charge is 0.190 e. The van der Waals surface area contributed by atoms with Gasteiger partial charge in [-0.3, -0.25) is 0 Å². The first-order chi connectivity index (χ1) is 12.3. The number of aliphatic hydroxyl groups excluding tert-OH is 1. The van der Waals surface area contributed by atoms with Gasteiger partial charge in [0.2, 0.25) is 0 Å². The van der Waals surface area contributed by atoms with Gasteiger partial charge in [-0.2, -0.15) is 0 Å². The minimum absolute atomic E-state index is 0.125. The molecule has 0 bridgehead atoms. The monoisotopic (exact) mass is 386 g/mol. The zero-order valence-electron chi connectivity index (χ0n) is 14.5. The summed E-state index contributed by atoms with van der Waals surface area (Å²) >= 11 is 0. The summed E-state index contributed by atoms with van der Waals surface area (Å²) in [5.74, 6) is -1.12. The van der Waals surface area contributed by atoms with Crippen molar-refractivity contribution < 1.29 is 37.2 Å². The Morgan fingerprint density at radius 3 is 2.54 bits per heavy atom. The van der Waals surface area contributed by atoms with Crippen LogP contribution in [-0.4, -0.2) is 68.7 Å². The second-order valence-corrected chi connectivity index (χ2v) is 9.13. The molecular weight excluding hydrogens is 364 g/mol. The molecule has 6 atom stereocenters. The Labute approximate surface area is 151 Å². The second-order valence-electron chi connectivity index (χ2n) is 7.09. The van der Waals surface area contributed by atoms with Crippen LogP contribution in [0.1, 0.15) is 13.8 Å². The van der Waals surface area contributed by atoms with Gasteiger partial charge < -0.3 is 28.8 Å². The minimum atomic E-state index is -3.54. The summed E-state index contributed by atoms with van der Waals surface area (Å²) in [5.41, 5.74) is 0. The molecule has 0 unspecified atom stereocenters. The van der Waals surface area contributed by atoms with E-state index in [0.29, 0.717) is 0 Å². The van der Waals surface area contributed by atoms with Crippen LogP contribution in [0.2, 0.25) is 0 Å². The lowest BCUT2D eigenvalue weighted by Crippen LogP contribution is -2.42. The molecule has 1 N–H and O–H groups in total. The van der Waals surface area contributed by atoms with Crippen molar-refractivity contribution in [1.82, 2.24) is 0 Å². The van der Waals surface area contributed by atoms with E-state index in [1.54, 1.807) is 32.0 Å². The average molecular weight is 386 g/mol. The summed E-state index contributed by atoms with van der Waals surface area (Å²) in [4.78, 5) is 0.214. The first-order valence-corrected chi connectivity index (χ1v) is 10.1. The standard InChI is InChI=1S/C17H22O8S/c1-17(2)24-15-13(18)14(23-16(15)25-17)11-8-21-12(22-11)9-26(19,20)10-6-4-3-5-7-10/h3-7,11-16,18H,8-9H2,1-2H3/t11-,12-,13+,14-,15-,16-/m1/s1. The average Bonchev–Trinajstić information content (AvgIpc) is 3.23.